The zero-order valence-electron chi connectivity index (χ0n) is 11.7. The molecule has 0 fully saturated rings. The number of hydrogen-bond donors (Lipinski definition) is 2. The van der Waals surface area contributed by atoms with E-state index in [1.165, 1.54) is 4.88 Å². The van der Waals surface area contributed by atoms with Crippen LogP contribution < -0.4 is 10.6 Å². The molecular formula is C12H23IN4S. The first-order valence-corrected chi connectivity index (χ1v) is 6.82. The molecule has 0 saturated heterocycles. The van der Waals surface area contributed by atoms with Crippen LogP contribution in [-0.4, -0.2) is 23.5 Å². The molecule has 4 nitrogen and oxygen atoms in total. The summed E-state index contributed by atoms with van der Waals surface area (Å²) in [6, 6.07) is 0.386. The minimum atomic E-state index is 0. The molecule has 0 radical (unpaired) electrons. The quantitative estimate of drug-likeness (QED) is 0.478. The van der Waals surface area contributed by atoms with Crippen LogP contribution in [0.4, 0.5) is 0 Å². The molecule has 0 spiro atoms. The smallest absolute Gasteiger partial charge is 0.191 e. The number of hydrogen-bond acceptors (Lipinski definition) is 3. The number of nitrogens with one attached hydrogen (secondary N) is 2. The molecule has 0 aliphatic rings. The van der Waals surface area contributed by atoms with Crippen molar-refractivity contribution in [3.8, 4) is 0 Å². The van der Waals surface area contributed by atoms with Gasteiger partial charge in [-0.1, -0.05) is 0 Å². The summed E-state index contributed by atoms with van der Waals surface area (Å²) in [4.78, 5) is 10.2. The maximum atomic E-state index is 4.56. The largest absolute Gasteiger partial charge is 0.357 e. The van der Waals surface area contributed by atoms with Gasteiger partial charge in [0.25, 0.3) is 0 Å². The van der Waals surface area contributed by atoms with Crippen molar-refractivity contribution in [1.29, 1.82) is 0 Å². The number of aliphatic imine (C=N–C) groups is 1. The zero-order valence-corrected chi connectivity index (χ0v) is 14.8. The first-order chi connectivity index (χ1) is 8.02. The van der Waals surface area contributed by atoms with Gasteiger partial charge < -0.3 is 10.6 Å². The fourth-order valence-corrected chi connectivity index (χ4v) is 2.33. The number of aromatic nitrogens is 1. The van der Waals surface area contributed by atoms with Crippen molar-refractivity contribution in [2.75, 3.05) is 6.54 Å². The SMILES string of the molecule is CCNC(=NCc1sc(C)nc1C)NC(C)C.I. The van der Waals surface area contributed by atoms with E-state index in [4.69, 9.17) is 0 Å². The van der Waals surface area contributed by atoms with Crippen LogP contribution in [0.5, 0.6) is 0 Å². The Bertz CT molecular complexity index is 387. The fourth-order valence-electron chi connectivity index (χ4n) is 1.46. The highest BCUT2D eigenvalue weighted by Crippen LogP contribution is 2.17. The number of halogens is 1. The van der Waals surface area contributed by atoms with Crippen LogP contribution in [0.1, 0.15) is 36.3 Å². The third-order valence-electron chi connectivity index (χ3n) is 2.15. The van der Waals surface area contributed by atoms with E-state index in [0.29, 0.717) is 12.6 Å². The first kappa shape index (κ1) is 17.6. The van der Waals surface area contributed by atoms with Gasteiger partial charge >= 0.3 is 0 Å². The van der Waals surface area contributed by atoms with E-state index >= 15 is 0 Å². The van der Waals surface area contributed by atoms with Crippen LogP contribution in [0, 0.1) is 13.8 Å². The summed E-state index contributed by atoms with van der Waals surface area (Å²) in [6.45, 7) is 11.9. The average molecular weight is 382 g/mol. The molecule has 6 heteroatoms. The Hall–Kier alpha value is -0.370. The lowest BCUT2D eigenvalue weighted by Gasteiger charge is -2.13. The summed E-state index contributed by atoms with van der Waals surface area (Å²) < 4.78 is 0. The van der Waals surface area contributed by atoms with Crippen LogP contribution in [-0.2, 0) is 6.54 Å². The van der Waals surface area contributed by atoms with Gasteiger partial charge in [0, 0.05) is 17.5 Å². The van der Waals surface area contributed by atoms with Gasteiger partial charge in [0.2, 0.25) is 0 Å². The second-order valence-corrected chi connectivity index (χ2v) is 5.52. The highest BCUT2D eigenvalue weighted by molar-refractivity contribution is 14.0. The molecule has 0 aliphatic carbocycles. The lowest BCUT2D eigenvalue weighted by molar-refractivity contribution is 0.701. The highest BCUT2D eigenvalue weighted by Gasteiger charge is 2.05. The molecule has 0 aromatic carbocycles. The van der Waals surface area contributed by atoms with Crippen LogP contribution >= 0.6 is 35.3 Å². The van der Waals surface area contributed by atoms with Crippen molar-refractivity contribution in [3.05, 3.63) is 15.6 Å². The lowest BCUT2D eigenvalue weighted by Crippen LogP contribution is -2.40. The average Bonchev–Trinajstić information content (AvgIpc) is 2.53. The maximum Gasteiger partial charge on any atom is 0.191 e. The van der Waals surface area contributed by atoms with E-state index in [9.17, 15) is 0 Å². The van der Waals surface area contributed by atoms with Crippen LogP contribution in [0.25, 0.3) is 0 Å². The van der Waals surface area contributed by atoms with E-state index < -0.39 is 0 Å². The van der Waals surface area contributed by atoms with Crippen molar-refractivity contribution < 1.29 is 0 Å². The van der Waals surface area contributed by atoms with E-state index in [-0.39, 0.29) is 24.0 Å². The Morgan fingerprint density at radius 2 is 2.06 bits per heavy atom. The van der Waals surface area contributed by atoms with Crippen molar-refractivity contribution in [2.45, 2.75) is 47.2 Å². The van der Waals surface area contributed by atoms with Gasteiger partial charge in [-0.05, 0) is 34.6 Å². The van der Waals surface area contributed by atoms with Gasteiger partial charge in [-0.2, -0.15) is 0 Å². The van der Waals surface area contributed by atoms with Crippen molar-refractivity contribution >= 4 is 41.3 Å². The number of aryl methyl sites for hydroxylation is 2. The molecule has 1 heterocycles. The van der Waals surface area contributed by atoms with Gasteiger partial charge in [0.1, 0.15) is 0 Å². The number of guanidine groups is 1. The van der Waals surface area contributed by atoms with Crippen molar-refractivity contribution in [3.63, 3.8) is 0 Å². The van der Waals surface area contributed by atoms with E-state index in [0.717, 1.165) is 23.2 Å². The zero-order chi connectivity index (χ0) is 12.8. The molecule has 1 rings (SSSR count). The topological polar surface area (TPSA) is 49.3 Å². The van der Waals surface area contributed by atoms with Crippen molar-refractivity contribution in [2.24, 2.45) is 4.99 Å². The Labute approximate surface area is 131 Å². The van der Waals surface area contributed by atoms with Crippen molar-refractivity contribution in [1.82, 2.24) is 15.6 Å². The second-order valence-electron chi connectivity index (χ2n) is 4.24. The Morgan fingerprint density at radius 3 is 2.50 bits per heavy atom. The summed E-state index contributed by atoms with van der Waals surface area (Å²) in [5.41, 5.74) is 1.09. The maximum absolute atomic E-state index is 4.56. The highest BCUT2D eigenvalue weighted by atomic mass is 127. The third kappa shape index (κ3) is 5.99. The number of rotatable bonds is 4. The van der Waals surface area contributed by atoms with E-state index in [1.54, 1.807) is 11.3 Å². The van der Waals surface area contributed by atoms with Gasteiger partial charge in [0.05, 0.1) is 17.2 Å². The van der Waals surface area contributed by atoms with Crippen LogP contribution in [0.3, 0.4) is 0 Å². The molecule has 1 aromatic rings. The molecule has 18 heavy (non-hydrogen) atoms. The number of thiazole rings is 1. The molecule has 0 atom stereocenters. The Kier molecular flexibility index (Phi) is 8.51. The van der Waals surface area contributed by atoms with Gasteiger partial charge in [-0.25, -0.2) is 9.98 Å². The predicted octanol–water partition coefficient (Wildman–Crippen LogP) is 2.84. The lowest BCUT2D eigenvalue weighted by atomic mass is 10.4. The molecule has 0 aliphatic heterocycles. The first-order valence-electron chi connectivity index (χ1n) is 6.00. The summed E-state index contributed by atoms with van der Waals surface area (Å²) >= 11 is 1.72. The summed E-state index contributed by atoms with van der Waals surface area (Å²) in [5.74, 6) is 0.868. The molecule has 2 N–H and O–H groups in total. The normalized spacial score (nSPS) is 11.3. The molecule has 0 bridgehead atoms. The van der Waals surface area contributed by atoms with E-state index in [1.807, 2.05) is 13.8 Å². The second kappa shape index (κ2) is 8.68. The predicted molar refractivity (Wildman–Crippen MR) is 90.1 cm³/mol. The number of nitrogens with zero attached hydrogens (tertiary/aromatic N) is 2. The monoisotopic (exact) mass is 382 g/mol. The molecule has 0 saturated carbocycles. The third-order valence-corrected chi connectivity index (χ3v) is 3.21. The molecule has 1 aromatic heterocycles. The van der Waals surface area contributed by atoms with Gasteiger partial charge in [0.15, 0.2) is 5.96 Å². The minimum Gasteiger partial charge on any atom is -0.357 e. The van der Waals surface area contributed by atoms with Gasteiger partial charge in [-0.3, -0.25) is 0 Å². The Balaban J connectivity index is 0.00000289. The van der Waals surface area contributed by atoms with E-state index in [2.05, 4.69) is 41.4 Å². The summed E-state index contributed by atoms with van der Waals surface area (Å²) in [6.07, 6.45) is 0. The van der Waals surface area contributed by atoms with Gasteiger partial charge in [-0.15, -0.1) is 35.3 Å². The summed E-state index contributed by atoms with van der Waals surface area (Å²) in [7, 11) is 0. The summed E-state index contributed by atoms with van der Waals surface area (Å²) in [5, 5.41) is 7.64. The minimum absolute atomic E-state index is 0. The van der Waals surface area contributed by atoms with Crippen LogP contribution in [0.2, 0.25) is 0 Å². The Morgan fingerprint density at radius 1 is 1.39 bits per heavy atom. The molecule has 0 unspecified atom stereocenters. The fraction of sp³-hybridized carbons (Fsp3) is 0.667. The molecule has 0 amide bonds. The molecular weight excluding hydrogens is 359 g/mol. The molecule has 104 valence electrons. The standard InChI is InChI=1S/C12H22N4S.HI/c1-6-13-12(15-8(2)3)14-7-11-9(4)16-10(5)17-11;/h8H,6-7H2,1-5H3,(H2,13,14,15);1H. The van der Waals surface area contributed by atoms with Crippen LogP contribution in [0.15, 0.2) is 4.99 Å².